The molecule has 5 nitrogen and oxygen atoms in total. The van der Waals surface area contributed by atoms with Crippen molar-refractivity contribution in [2.24, 2.45) is 5.92 Å². The van der Waals surface area contributed by atoms with Gasteiger partial charge in [0.05, 0.1) is 11.3 Å². The molecule has 3 atom stereocenters. The van der Waals surface area contributed by atoms with Crippen LogP contribution in [0, 0.1) is 5.92 Å². The average molecular weight is 410 g/mol. The van der Waals surface area contributed by atoms with Crippen LogP contribution in [0.4, 0.5) is 0 Å². The number of rotatable bonds is 5. The zero-order valence-corrected chi connectivity index (χ0v) is 17.6. The zero-order chi connectivity index (χ0) is 20.0. The van der Waals surface area contributed by atoms with Crippen molar-refractivity contribution in [3.05, 3.63) is 57.8 Å². The number of amides is 1. The van der Waals surface area contributed by atoms with Gasteiger partial charge in [0, 0.05) is 56.6 Å². The van der Waals surface area contributed by atoms with Gasteiger partial charge in [0.15, 0.2) is 5.78 Å². The van der Waals surface area contributed by atoms with E-state index in [2.05, 4.69) is 45.4 Å². The predicted molar refractivity (Wildman–Crippen MR) is 114 cm³/mol. The molecular formula is C23H27N3O2S. The molecule has 4 aliphatic rings. The Morgan fingerprint density at radius 3 is 2.45 bits per heavy atom. The Morgan fingerprint density at radius 1 is 1.14 bits per heavy atom. The summed E-state index contributed by atoms with van der Waals surface area (Å²) in [5.41, 5.74) is 2.20. The molecule has 2 aromatic rings. The summed E-state index contributed by atoms with van der Waals surface area (Å²) >= 11 is 1.42. The number of ketones is 1. The number of hydrogen-bond donors (Lipinski definition) is 1. The Morgan fingerprint density at radius 2 is 1.83 bits per heavy atom. The fourth-order valence-electron chi connectivity index (χ4n) is 5.63. The summed E-state index contributed by atoms with van der Waals surface area (Å²) in [6, 6.07) is 12.8. The molecule has 152 valence electrons. The Bertz CT molecular complexity index is 909. The Hall–Kier alpha value is -2.02. The highest BCUT2D eigenvalue weighted by molar-refractivity contribution is 7.12. The van der Waals surface area contributed by atoms with Gasteiger partial charge in [-0.1, -0.05) is 30.3 Å². The highest BCUT2D eigenvalue weighted by Gasteiger charge is 2.55. The van der Waals surface area contributed by atoms with Gasteiger partial charge in [-0.2, -0.15) is 0 Å². The number of nitrogens with zero attached hydrogens (tertiary/aromatic N) is 2. The van der Waals surface area contributed by atoms with E-state index in [1.165, 1.54) is 16.9 Å². The van der Waals surface area contributed by atoms with Gasteiger partial charge in [0.25, 0.3) is 0 Å². The van der Waals surface area contributed by atoms with Crippen molar-refractivity contribution in [3.63, 3.8) is 0 Å². The van der Waals surface area contributed by atoms with E-state index in [0.717, 1.165) is 49.7 Å². The Kier molecular flexibility index (Phi) is 4.81. The minimum atomic E-state index is -0.0617. The number of benzene rings is 1. The maximum Gasteiger partial charge on any atom is 0.224 e. The van der Waals surface area contributed by atoms with Crippen LogP contribution in [0.2, 0.25) is 0 Å². The van der Waals surface area contributed by atoms with Crippen LogP contribution in [0.1, 0.15) is 27.7 Å². The van der Waals surface area contributed by atoms with Gasteiger partial charge in [-0.05, 0) is 29.5 Å². The maximum absolute atomic E-state index is 13.0. The van der Waals surface area contributed by atoms with Crippen molar-refractivity contribution in [2.75, 3.05) is 39.3 Å². The molecule has 0 spiro atoms. The normalized spacial score (nSPS) is 32.7. The first-order chi connectivity index (χ1) is 14.0. The van der Waals surface area contributed by atoms with E-state index in [0.29, 0.717) is 12.3 Å². The van der Waals surface area contributed by atoms with Crippen LogP contribution < -0.4 is 5.32 Å². The molecular weight excluding hydrogens is 382 g/mol. The highest BCUT2D eigenvalue weighted by Crippen LogP contribution is 2.43. The molecule has 0 aliphatic carbocycles. The molecule has 1 aromatic heterocycles. The summed E-state index contributed by atoms with van der Waals surface area (Å²) < 4.78 is 0. The van der Waals surface area contributed by atoms with Crippen LogP contribution in [0.15, 0.2) is 41.8 Å². The largest absolute Gasteiger partial charge is 0.352 e. The lowest BCUT2D eigenvalue weighted by Crippen LogP contribution is -2.70. The topological polar surface area (TPSA) is 52.7 Å². The van der Waals surface area contributed by atoms with Crippen molar-refractivity contribution in [2.45, 2.75) is 24.8 Å². The highest BCUT2D eigenvalue weighted by atomic mass is 32.1. The monoisotopic (exact) mass is 409 g/mol. The number of Topliss-reactive ketones (excluding diaryl/α,β-unsaturated/α-hetero) is 1. The molecule has 29 heavy (non-hydrogen) atoms. The molecule has 1 amide bonds. The number of carbonyl (C=O) groups excluding carboxylic acids is 2. The number of thiophene rings is 1. The molecule has 4 bridgehead atoms. The van der Waals surface area contributed by atoms with Crippen LogP contribution >= 0.6 is 11.3 Å². The van der Waals surface area contributed by atoms with E-state index in [1.54, 1.807) is 6.92 Å². The first kappa shape index (κ1) is 19.0. The molecule has 0 saturated carbocycles. The summed E-state index contributed by atoms with van der Waals surface area (Å²) in [6.07, 6.45) is 0.339. The van der Waals surface area contributed by atoms with Crippen molar-refractivity contribution < 1.29 is 9.59 Å². The van der Waals surface area contributed by atoms with Gasteiger partial charge in [-0.25, -0.2) is 0 Å². The van der Waals surface area contributed by atoms with E-state index in [1.807, 2.05) is 11.4 Å². The number of nitrogens with one attached hydrogen (secondary N) is 1. The third kappa shape index (κ3) is 3.43. The third-order valence-electron chi connectivity index (χ3n) is 6.83. The fraction of sp³-hybridized carbons (Fsp3) is 0.478. The van der Waals surface area contributed by atoms with Gasteiger partial charge in [0.1, 0.15) is 0 Å². The van der Waals surface area contributed by atoms with Gasteiger partial charge < -0.3 is 15.1 Å². The Labute approximate surface area is 175 Å². The molecule has 4 aliphatic heterocycles. The number of carbonyl (C=O) groups is 2. The fourth-order valence-corrected chi connectivity index (χ4v) is 6.45. The third-order valence-corrected chi connectivity index (χ3v) is 7.91. The lowest BCUT2D eigenvalue weighted by atomic mass is 9.64. The maximum atomic E-state index is 13.0. The van der Waals surface area contributed by atoms with Crippen LogP contribution in [-0.2, 0) is 16.6 Å². The van der Waals surface area contributed by atoms with Gasteiger partial charge in [0.2, 0.25) is 5.91 Å². The second kappa shape index (κ2) is 7.35. The standard InChI is InChI=1S/C23H27N3O2S/c1-16(27)20-9-17(13-29-20)10-21(28)24-22-18-11-25-7-8-26(12-18)15-23(22,14-25)19-5-3-2-4-6-19/h2-6,9,13,18,22H,7-8,10-12,14-15H2,1H3,(H,24,28). The second-order valence-corrected chi connectivity index (χ2v) is 9.76. The molecule has 3 unspecified atom stereocenters. The lowest BCUT2D eigenvalue weighted by Gasteiger charge is -2.55. The predicted octanol–water partition coefficient (Wildman–Crippen LogP) is 2.18. The molecule has 1 N–H and O–H groups in total. The number of piperidine rings is 2. The summed E-state index contributed by atoms with van der Waals surface area (Å²) in [5, 5.41) is 5.38. The summed E-state index contributed by atoms with van der Waals surface area (Å²) in [4.78, 5) is 30.5. The molecule has 6 heteroatoms. The van der Waals surface area contributed by atoms with Crippen molar-refractivity contribution in [3.8, 4) is 0 Å². The van der Waals surface area contributed by atoms with Crippen LogP contribution in [-0.4, -0.2) is 66.8 Å². The van der Waals surface area contributed by atoms with E-state index in [9.17, 15) is 9.59 Å². The van der Waals surface area contributed by atoms with Gasteiger partial charge in [-0.15, -0.1) is 11.3 Å². The van der Waals surface area contributed by atoms with Crippen molar-refractivity contribution in [1.29, 1.82) is 0 Å². The number of fused-ring (bicyclic) bond motifs is 1. The molecule has 0 radical (unpaired) electrons. The molecule has 4 fully saturated rings. The minimum absolute atomic E-state index is 0.0603. The molecule has 5 heterocycles. The van der Waals surface area contributed by atoms with E-state index < -0.39 is 0 Å². The SMILES string of the molecule is CC(=O)c1cc(CC(=O)NC2C3CN4CCN(C3)CC2(c2ccccc2)C4)cs1. The molecule has 6 rings (SSSR count). The van der Waals surface area contributed by atoms with Gasteiger partial charge >= 0.3 is 0 Å². The zero-order valence-electron chi connectivity index (χ0n) is 16.8. The van der Waals surface area contributed by atoms with Crippen LogP contribution in [0.25, 0.3) is 0 Å². The lowest BCUT2D eigenvalue weighted by molar-refractivity contribution is -0.123. The van der Waals surface area contributed by atoms with E-state index in [-0.39, 0.29) is 23.1 Å². The van der Waals surface area contributed by atoms with Crippen molar-refractivity contribution in [1.82, 2.24) is 15.1 Å². The van der Waals surface area contributed by atoms with Crippen LogP contribution in [0.3, 0.4) is 0 Å². The van der Waals surface area contributed by atoms with E-state index in [4.69, 9.17) is 0 Å². The van der Waals surface area contributed by atoms with E-state index >= 15 is 0 Å². The number of hydrogen-bond acceptors (Lipinski definition) is 5. The van der Waals surface area contributed by atoms with Gasteiger partial charge in [-0.3, -0.25) is 9.59 Å². The smallest absolute Gasteiger partial charge is 0.224 e. The quantitative estimate of drug-likeness (QED) is 0.769. The van der Waals surface area contributed by atoms with Crippen LogP contribution in [0.5, 0.6) is 0 Å². The second-order valence-electron chi connectivity index (χ2n) is 8.85. The molecule has 1 aromatic carbocycles. The first-order valence-electron chi connectivity index (χ1n) is 10.4. The first-order valence-corrected chi connectivity index (χ1v) is 11.3. The summed E-state index contributed by atoms with van der Waals surface area (Å²) in [7, 11) is 0. The average Bonchev–Trinajstić information content (AvgIpc) is 3.02. The minimum Gasteiger partial charge on any atom is -0.352 e. The summed E-state index contributed by atoms with van der Waals surface area (Å²) in [5.74, 6) is 0.568. The Balaban J connectivity index is 1.41. The summed E-state index contributed by atoms with van der Waals surface area (Å²) in [6.45, 7) is 7.93. The molecule has 4 saturated heterocycles. The van der Waals surface area contributed by atoms with Crippen molar-refractivity contribution >= 4 is 23.0 Å².